The lowest BCUT2D eigenvalue weighted by Gasteiger charge is -2.24. The van der Waals surface area contributed by atoms with Gasteiger partial charge in [0.2, 0.25) is 5.91 Å². The van der Waals surface area contributed by atoms with Crippen LogP contribution in [0, 0.1) is 0 Å². The van der Waals surface area contributed by atoms with Crippen LogP contribution in [0.5, 0.6) is 0 Å². The molecule has 0 saturated heterocycles. The van der Waals surface area contributed by atoms with E-state index in [-0.39, 0.29) is 24.9 Å². The van der Waals surface area contributed by atoms with Gasteiger partial charge < -0.3 is 20.3 Å². The highest BCUT2D eigenvalue weighted by Crippen LogP contribution is 2.18. The molecule has 0 aliphatic heterocycles. The Kier molecular flexibility index (Phi) is 47.5. The molecule has 0 spiro atoms. The SMILES string of the molecule is CCCCCCCC/C=C/CCCCCCCCCC(=O)OC(CCCCCCCCC)CC(=O)NC(CO)C(O)CCCCCCCCCCCCCCCCCCC. The molecule has 3 unspecified atom stereocenters. The number of amides is 1. The van der Waals surface area contributed by atoms with Gasteiger partial charge in [-0.05, 0) is 51.4 Å². The molecule has 0 radical (unpaired) electrons. The van der Waals surface area contributed by atoms with Gasteiger partial charge in [-0.2, -0.15) is 0 Å². The number of ether oxygens (including phenoxy) is 1. The number of carbonyl (C=O) groups is 2. The van der Waals surface area contributed by atoms with E-state index in [9.17, 15) is 19.8 Å². The Morgan fingerprint density at radius 1 is 0.467 bits per heavy atom. The van der Waals surface area contributed by atoms with Gasteiger partial charge in [-0.15, -0.1) is 0 Å². The number of unbranched alkanes of at least 4 members (excludes halogenated alkanes) is 35. The van der Waals surface area contributed by atoms with Crippen LogP contribution in [0.4, 0.5) is 0 Å². The molecule has 0 aliphatic carbocycles. The van der Waals surface area contributed by atoms with Crippen molar-refractivity contribution in [3.05, 3.63) is 12.2 Å². The molecule has 60 heavy (non-hydrogen) atoms. The normalized spacial score (nSPS) is 13.2. The van der Waals surface area contributed by atoms with Gasteiger partial charge in [0, 0.05) is 6.42 Å². The highest BCUT2D eigenvalue weighted by Gasteiger charge is 2.24. The first-order valence-corrected chi connectivity index (χ1v) is 26.9. The lowest BCUT2D eigenvalue weighted by molar-refractivity contribution is -0.151. The van der Waals surface area contributed by atoms with E-state index in [1.165, 1.54) is 205 Å². The van der Waals surface area contributed by atoms with Gasteiger partial charge in [-0.25, -0.2) is 0 Å². The van der Waals surface area contributed by atoms with Crippen molar-refractivity contribution < 1.29 is 24.5 Å². The molecule has 3 atom stereocenters. The topological polar surface area (TPSA) is 95.9 Å². The van der Waals surface area contributed by atoms with Gasteiger partial charge >= 0.3 is 5.97 Å². The van der Waals surface area contributed by atoms with Gasteiger partial charge in [-0.3, -0.25) is 9.59 Å². The van der Waals surface area contributed by atoms with Gasteiger partial charge in [-0.1, -0.05) is 245 Å². The van der Waals surface area contributed by atoms with Crippen LogP contribution in [-0.4, -0.2) is 46.9 Å². The maximum atomic E-state index is 13.1. The van der Waals surface area contributed by atoms with E-state index < -0.39 is 18.2 Å². The largest absolute Gasteiger partial charge is 0.462 e. The van der Waals surface area contributed by atoms with E-state index in [2.05, 4.69) is 38.2 Å². The van der Waals surface area contributed by atoms with Crippen molar-refractivity contribution in [2.45, 2.75) is 315 Å². The van der Waals surface area contributed by atoms with Gasteiger partial charge in [0.25, 0.3) is 0 Å². The molecule has 0 bridgehead atoms. The summed E-state index contributed by atoms with van der Waals surface area (Å²) >= 11 is 0. The second kappa shape index (κ2) is 48.6. The van der Waals surface area contributed by atoms with Crippen molar-refractivity contribution in [1.29, 1.82) is 0 Å². The molecule has 3 N–H and O–H groups in total. The fraction of sp³-hybridized carbons (Fsp3) is 0.926. The van der Waals surface area contributed by atoms with E-state index in [1.54, 1.807) is 0 Å². The summed E-state index contributed by atoms with van der Waals surface area (Å²) in [7, 11) is 0. The third-order valence-electron chi connectivity index (χ3n) is 12.6. The molecule has 0 aromatic heterocycles. The Balaban J connectivity index is 4.29. The number of nitrogens with one attached hydrogen (secondary N) is 1. The van der Waals surface area contributed by atoms with Crippen molar-refractivity contribution >= 4 is 11.9 Å². The molecular formula is C54H105NO5. The monoisotopic (exact) mass is 848 g/mol. The maximum absolute atomic E-state index is 13.1. The predicted octanol–water partition coefficient (Wildman–Crippen LogP) is 16.1. The predicted molar refractivity (Wildman–Crippen MR) is 260 cm³/mol. The summed E-state index contributed by atoms with van der Waals surface area (Å²) in [6.45, 7) is 6.48. The number of rotatable bonds is 49. The van der Waals surface area contributed by atoms with Crippen LogP contribution >= 0.6 is 0 Å². The van der Waals surface area contributed by atoms with E-state index >= 15 is 0 Å². The molecule has 0 aliphatic rings. The minimum atomic E-state index is -0.782. The quantitative estimate of drug-likeness (QED) is 0.0322. The van der Waals surface area contributed by atoms with Gasteiger partial charge in [0.1, 0.15) is 6.10 Å². The van der Waals surface area contributed by atoms with Crippen molar-refractivity contribution in [2.24, 2.45) is 0 Å². The number of hydrogen-bond donors (Lipinski definition) is 3. The van der Waals surface area contributed by atoms with Crippen LogP contribution < -0.4 is 5.32 Å². The van der Waals surface area contributed by atoms with Crippen molar-refractivity contribution in [2.75, 3.05) is 6.61 Å². The molecule has 0 fully saturated rings. The van der Waals surface area contributed by atoms with E-state index in [0.717, 1.165) is 44.9 Å². The van der Waals surface area contributed by atoms with Gasteiger partial charge in [0.05, 0.1) is 25.2 Å². The van der Waals surface area contributed by atoms with Crippen molar-refractivity contribution in [3.8, 4) is 0 Å². The molecule has 6 heteroatoms. The Hall–Kier alpha value is -1.40. The number of hydrogen-bond acceptors (Lipinski definition) is 5. The van der Waals surface area contributed by atoms with Crippen LogP contribution in [0.1, 0.15) is 297 Å². The Morgan fingerprint density at radius 2 is 0.800 bits per heavy atom. The first-order chi connectivity index (χ1) is 29.5. The van der Waals surface area contributed by atoms with Crippen LogP contribution in [0.2, 0.25) is 0 Å². The summed E-state index contributed by atoms with van der Waals surface area (Å²) in [5, 5.41) is 23.8. The minimum absolute atomic E-state index is 0.0815. The number of esters is 1. The second-order valence-corrected chi connectivity index (χ2v) is 18.6. The summed E-state index contributed by atoms with van der Waals surface area (Å²) in [5.41, 5.74) is 0. The molecule has 0 aromatic carbocycles. The highest BCUT2D eigenvalue weighted by atomic mass is 16.5. The number of aliphatic hydroxyl groups excluding tert-OH is 2. The zero-order valence-corrected chi connectivity index (χ0v) is 40.6. The average molecular weight is 848 g/mol. The lowest BCUT2D eigenvalue weighted by atomic mass is 10.0. The summed E-state index contributed by atoms with van der Waals surface area (Å²) in [5.74, 6) is -0.467. The van der Waals surface area contributed by atoms with Crippen molar-refractivity contribution in [3.63, 3.8) is 0 Å². The summed E-state index contributed by atoms with van der Waals surface area (Å²) in [6.07, 6.45) is 54.3. The smallest absolute Gasteiger partial charge is 0.306 e. The fourth-order valence-electron chi connectivity index (χ4n) is 8.49. The van der Waals surface area contributed by atoms with Crippen molar-refractivity contribution in [1.82, 2.24) is 5.32 Å². The molecular weight excluding hydrogens is 743 g/mol. The lowest BCUT2D eigenvalue weighted by Crippen LogP contribution is -2.46. The van der Waals surface area contributed by atoms with Crippen LogP contribution in [-0.2, 0) is 14.3 Å². The summed E-state index contributed by atoms with van der Waals surface area (Å²) in [4.78, 5) is 26.0. The maximum Gasteiger partial charge on any atom is 0.306 e. The number of allylic oxidation sites excluding steroid dienone is 2. The van der Waals surface area contributed by atoms with Crippen LogP contribution in [0.3, 0.4) is 0 Å². The first-order valence-electron chi connectivity index (χ1n) is 26.9. The zero-order chi connectivity index (χ0) is 43.8. The molecule has 356 valence electrons. The van der Waals surface area contributed by atoms with Crippen LogP contribution in [0.25, 0.3) is 0 Å². The number of aliphatic hydroxyl groups is 2. The molecule has 1 amide bonds. The van der Waals surface area contributed by atoms with E-state index in [1.807, 2.05) is 0 Å². The van der Waals surface area contributed by atoms with E-state index in [0.29, 0.717) is 19.3 Å². The fourth-order valence-corrected chi connectivity index (χ4v) is 8.49. The Morgan fingerprint density at radius 3 is 1.18 bits per heavy atom. The highest BCUT2D eigenvalue weighted by molar-refractivity contribution is 5.77. The molecule has 0 aromatic rings. The molecule has 0 heterocycles. The minimum Gasteiger partial charge on any atom is -0.462 e. The zero-order valence-electron chi connectivity index (χ0n) is 40.6. The summed E-state index contributed by atoms with van der Waals surface area (Å²) in [6, 6.07) is -0.695. The van der Waals surface area contributed by atoms with E-state index in [4.69, 9.17) is 4.74 Å². The Bertz CT molecular complexity index is 909. The average Bonchev–Trinajstić information content (AvgIpc) is 3.24. The van der Waals surface area contributed by atoms with Gasteiger partial charge in [0.15, 0.2) is 0 Å². The third-order valence-corrected chi connectivity index (χ3v) is 12.6. The summed E-state index contributed by atoms with van der Waals surface area (Å²) < 4.78 is 5.91. The first kappa shape index (κ1) is 58.6. The Labute approximate surface area is 374 Å². The third kappa shape index (κ3) is 43.3. The molecule has 0 saturated carbocycles. The molecule has 6 nitrogen and oxygen atoms in total. The molecule has 0 rings (SSSR count). The van der Waals surface area contributed by atoms with Crippen LogP contribution in [0.15, 0.2) is 12.2 Å². The standard InChI is InChI=1S/C54H105NO5/c1-4-7-10-13-16-18-20-22-24-26-28-30-32-34-37-40-43-46-52(57)51(49-56)55-53(58)48-50(45-42-39-36-15-12-9-6-3)60-54(59)47-44-41-38-35-33-31-29-27-25-23-21-19-17-14-11-8-5-2/h23,25,50-52,56-57H,4-22,24,26-49H2,1-3H3,(H,55,58)/b25-23+. The second-order valence-electron chi connectivity index (χ2n) is 18.6. The number of carbonyl (C=O) groups excluding carboxylic acids is 2.